The van der Waals surface area contributed by atoms with Gasteiger partial charge in [0.25, 0.3) is 5.91 Å². The topological polar surface area (TPSA) is 51.5 Å². The monoisotopic (exact) mass is 317 g/mol. The maximum Gasteiger partial charge on any atom is 0.287 e. The largest absolute Gasteiger partial charge is 0.455 e. The highest BCUT2D eigenvalue weighted by atomic mass is 32.2. The Morgan fingerprint density at radius 2 is 2.09 bits per heavy atom. The summed E-state index contributed by atoms with van der Waals surface area (Å²) in [6.45, 7) is 1.34. The van der Waals surface area contributed by atoms with Crippen LogP contribution in [0.5, 0.6) is 0 Å². The predicted octanol–water partition coefficient (Wildman–Crippen LogP) is 3.48. The van der Waals surface area contributed by atoms with Crippen molar-refractivity contribution in [2.45, 2.75) is 29.6 Å². The fourth-order valence-electron chi connectivity index (χ4n) is 2.35. The molecule has 1 atom stereocenters. The molecule has 1 aliphatic rings. The number of benzene rings is 1. The third kappa shape index (κ3) is 4.15. The molecule has 3 rings (SSSR count). The molecule has 22 heavy (non-hydrogen) atoms. The van der Waals surface area contributed by atoms with Crippen LogP contribution in [-0.4, -0.2) is 25.2 Å². The van der Waals surface area contributed by atoms with E-state index in [1.54, 1.807) is 17.8 Å². The molecule has 4 nitrogen and oxygen atoms in total. The summed E-state index contributed by atoms with van der Waals surface area (Å²) in [5, 5.41) is 2.86. The Balaban J connectivity index is 1.48. The first-order chi connectivity index (χ1) is 10.8. The first-order valence-electron chi connectivity index (χ1n) is 7.47. The van der Waals surface area contributed by atoms with Crippen LogP contribution in [0.15, 0.2) is 51.8 Å². The summed E-state index contributed by atoms with van der Waals surface area (Å²) in [7, 11) is 0. The van der Waals surface area contributed by atoms with E-state index in [1.165, 1.54) is 4.90 Å². The number of nitrogens with one attached hydrogen (secondary N) is 1. The number of furan rings is 1. The third-order valence-corrected chi connectivity index (χ3v) is 4.56. The highest BCUT2D eigenvalue weighted by molar-refractivity contribution is 7.98. The van der Waals surface area contributed by atoms with Gasteiger partial charge in [-0.05, 0) is 37.1 Å². The molecule has 1 amide bonds. The smallest absolute Gasteiger partial charge is 0.287 e. The molecule has 1 aliphatic heterocycles. The maximum absolute atomic E-state index is 12.0. The first kappa shape index (κ1) is 15.2. The summed E-state index contributed by atoms with van der Waals surface area (Å²) in [6.07, 6.45) is 2.23. The number of thioether (sulfide) groups is 1. The zero-order valence-electron chi connectivity index (χ0n) is 12.3. The van der Waals surface area contributed by atoms with Gasteiger partial charge in [-0.1, -0.05) is 18.2 Å². The van der Waals surface area contributed by atoms with Crippen molar-refractivity contribution >= 4 is 17.7 Å². The molecule has 0 spiro atoms. The van der Waals surface area contributed by atoms with Gasteiger partial charge in [-0.3, -0.25) is 4.79 Å². The lowest BCUT2D eigenvalue weighted by Gasteiger charge is -2.09. The summed E-state index contributed by atoms with van der Waals surface area (Å²) >= 11 is 1.69. The SMILES string of the molecule is O=C(NCC1CCCO1)c1ccc(CSc2ccccc2)o1. The van der Waals surface area contributed by atoms with E-state index in [0.717, 1.165) is 25.2 Å². The minimum Gasteiger partial charge on any atom is -0.455 e. The van der Waals surface area contributed by atoms with Gasteiger partial charge in [-0.15, -0.1) is 11.8 Å². The molecule has 2 heterocycles. The number of hydrogen-bond acceptors (Lipinski definition) is 4. The highest BCUT2D eigenvalue weighted by Crippen LogP contribution is 2.23. The lowest BCUT2D eigenvalue weighted by atomic mass is 10.2. The molecule has 0 bridgehead atoms. The second kappa shape index (κ2) is 7.51. The van der Waals surface area contributed by atoms with Crippen LogP contribution >= 0.6 is 11.8 Å². The minimum absolute atomic E-state index is 0.145. The number of rotatable bonds is 6. The Morgan fingerprint density at radius 1 is 1.23 bits per heavy atom. The molecule has 1 aromatic heterocycles. The van der Waals surface area contributed by atoms with Gasteiger partial charge in [0, 0.05) is 18.0 Å². The summed E-state index contributed by atoms with van der Waals surface area (Å²) in [5.74, 6) is 1.70. The van der Waals surface area contributed by atoms with E-state index < -0.39 is 0 Å². The summed E-state index contributed by atoms with van der Waals surface area (Å²) < 4.78 is 11.1. The third-order valence-electron chi connectivity index (χ3n) is 3.52. The van der Waals surface area contributed by atoms with Crippen molar-refractivity contribution in [2.24, 2.45) is 0 Å². The van der Waals surface area contributed by atoms with Crippen molar-refractivity contribution in [3.63, 3.8) is 0 Å². The van der Waals surface area contributed by atoms with E-state index in [0.29, 0.717) is 18.1 Å². The van der Waals surface area contributed by atoms with Crippen molar-refractivity contribution in [3.05, 3.63) is 54.0 Å². The second-order valence-corrected chi connectivity index (χ2v) is 6.26. The van der Waals surface area contributed by atoms with Crippen molar-refractivity contribution in [2.75, 3.05) is 13.2 Å². The molecule has 1 N–H and O–H groups in total. The molecular formula is C17H19NO3S. The molecule has 116 valence electrons. The molecule has 5 heteroatoms. The average Bonchev–Trinajstić information content (AvgIpc) is 3.23. The van der Waals surface area contributed by atoms with Crippen LogP contribution in [0.3, 0.4) is 0 Å². The van der Waals surface area contributed by atoms with Gasteiger partial charge in [-0.2, -0.15) is 0 Å². The van der Waals surface area contributed by atoms with Gasteiger partial charge in [0.15, 0.2) is 5.76 Å². The number of ether oxygens (including phenoxy) is 1. The zero-order chi connectivity index (χ0) is 15.2. The summed E-state index contributed by atoms with van der Waals surface area (Å²) in [5.41, 5.74) is 0. The fraction of sp³-hybridized carbons (Fsp3) is 0.353. The normalized spacial score (nSPS) is 17.5. The number of amides is 1. The standard InChI is InChI=1S/C17H19NO3S/c19-17(18-11-13-5-4-10-20-13)16-9-8-14(21-16)12-22-15-6-2-1-3-7-15/h1-3,6-9,13H,4-5,10-12H2,(H,18,19). The summed E-state index contributed by atoms with van der Waals surface area (Å²) in [6, 6.07) is 13.7. The van der Waals surface area contributed by atoms with Crippen molar-refractivity contribution in [1.29, 1.82) is 0 Å². The van der Waals surface area contributed by atoms with Gasteiger partial charge < -0.3 is 14.5 Å². The van der Waals surface area contributed by atoms with E-state index >= 15 is 0 Å². The van der Waals surface area contributed by atoms with Crippen LogP contribution in [0, 0.1) is 0 Å². The van der Waals surface area contributed by atoms with Gasteiger partial charge >= 0.3 is 0 Å². The Bertz CT molecular complexity index is 605. The summed E-state index contributed by atoms with van der Waals surface area (Å²) in [4.78, 5) is 13.2. The lowest BCUT2D eigenvalue weighted by Crippen LogP contribution is -2.31. The Kier molecular flexibility index (Phi) is 5.19. The van der Waals surface area contributed by atoms with Crippen molar-refractivity contribution < 1.29 is 13.9 Å². The van der Waals surface area contributed by atoms with Crippen LogP contribution in [0.4, 0.5) is 0 Å². The fourth-order valence-corrected chi connectivity index (χ4v) is 3.16. The van der Waals surface area contributed by atoms with E-state index in [9.17, 15) is 4.79 Å². The predicted molar refractivity (Wildman–Crippen MR) is 86.0 cm³/mol. The number of carbonyl (C=O) groups is 1. The Morgan fingerprint density at radius 3 is 2.86 bits per heavy atom. The van der Waals surface area contributed by atoms with E-state index in [-0.39, 0.29) is 12.0 Å². The Labute approximate surface area is 134 Å². The quantitative estimate of drug-likeness (QED) is 0.829. The van der Waals surface area contributed by atoms with E-state index in [4.69, 9.17) is 9.15 Å². The van der Waals surface area contributed by atoms with Crippen LogP contribution in [0.25, 0.3) is 0 Å². The Hall–Kier alpha value is -1.72. The number of hydrogen-bond donors (Lipinski definition) is 1. The van der Waals surface area contributed by atoms with Gasteiger partial charge in [0.05, 0.1) is 11.9 Å². The molecule has 0 saturated carbocycles. The molecule has 1 unspecified atom stereocenters. The van der Waals surface area contributed by atoms with Gasteiger partial charge in [0.2, 0.25) is 0 Å². The van der Waals surface area contributed by atoms with Crippen LogP contribution in [-0.2, 0) is 10.5 Å². The van der Waals surface area contributed by atoms with Gasteiger partial charge in [0.1, 0.15) is 5.76 Å². The van der Waals surface area contributed by atoms with Crippen LogP contribution < -0.4 is 5.32 Å². The molecule has 1 saturated heterocycles. The highest BCUT2D eigenvalue weighted by Gasteiger charge is 2.18. The van der Waals surface area contributed by atoms with E-state index in [1.807, 2.05) is 24.3 Å². The molecule has 1 fully saturated rings. The number of carbonyl (C=O) groups excluding carboxylic acids is 1. The van der Waals surface area contributed by atoms with E-state index in [2.05, 4.69) is 17.4 Å². The lowest BCUT2D eigenvalue weighted by molar-refractivity contribution is 0.0834. The minimum atomic E-state index is -0.175. The molecule has 0 aliphatic carbocycles. The van der Waals surface area contributed by atoms with Gasteiger partial charge in [-0.25, -0.2) is 0 Å². The molecular weight excluding hydrogens is 298 g/mol. The maximum atomic E-state index is 12.0. The average molecular weight is 317 g/mol. The molecule has 1 aromatic carbocycles. The molecule has 2 aromatic rings. The zero-order valence-corrected chi connectivity index (χ0v) is 13.1. The van der Waals surface area contributed by atoms with Crippen molar-refractivity contribution in [3.8, 4) is 0 Å². The molecule has 0 radical (unpaired) electrons. The first-order valence-corrected chi connectivity index (χ1v) is 8.46. The second-order valence-electron chi connectivity index (χ2n) is 5.21. The van der Waals surface area contributed by atoms with Crippen molar-refractivity contribution in [1.82, 2.24) is 5.32 Å². The van der Waals surface area contributed by atoms with Crippen LogP contribution in [0.1, 0.15) is 29.2 Å². The van der Waals surface area contributed by atoms with Crippen LogP contribution in [0.2, 0.25) is 0 Å².